The van der Waals surface area contributed by atoms with Crippen LogP contribution < -0.4 is 15.4 Å². The molecule has 0 spiro atoms. The summed E-state index contributed by atoms with van der Waals surface area (Å²) in [6, 6.07) is 9.51. The molecule has 0 unspecified atom stereocenters. The van der Waals surface area contributed by atoms with E-state index < -0.39 is 0 Å². The highest BCUT2D eigenvalue weighted by molar-refractivity contribution is 5.85. The third-order valence-corrected chi connectivity index (χ3v) is 4.57. The van der Waals surface area contributed by atoms with Crippen LogP contribution in [-0.2, 0) is 9.59 Å². The summed E-state index contributed by atoms with van der Waals surface area (Å²) >= 11 is 0. The number of carbonyl (C=O) groups is 2. The average molecular weight is 398 g/mol. The molecule has 1 saturated heterocycles. The number of halogens is 1. The van der Waals surface area contributed by atoms with Crippen LogP contribution >= 0.6 is 12.4 Å². The average Bonchev–Trinajstić information content (AvgIpc) is 2.68. The number of likely N-dealkylation sites (tertiary alicyclic amines) is 1. The Hall–Kier alpha value is -1.79. The van der Waals surface area contributed by atoms with Gasteiger partial charge in [-0.25, -0.2) is 0 Å². The van der Waals surface area contributed by atoms with Gasteiger partial charge in [0.05, 0.1) is 13.0 Å². The van der Waals surface area contributed by atoms with Crippen molar-refractivity contribution in [3.63, 3.8) is 0 Å². The molecule has 6 nitrogen and oxygen atoms in total. The number of nitrogens with zero attached hydrogens (tertiary/aromatic N) is 1. The van der Waals surface area contributed by atoms with Crippen molar-refractivity contribution in [1.82, 2.24) is 15.5 Å². The van der Waals surface area contributed by atoms with Crippen LogP contribution in [0.5, 0.6) is 5.75 Å². The van der Waals surface area contributed by atoms with Crippen molar-refractivity contribution in [3.05, 3.63) is 30.3 Å². The molecule has 1 aliphatic heterocycles. The minimum Gasteiger partial charge on any atom is -0.493 e. The summed E-state index contributed by atoms with van der Waals surface area (Å²) in [6.07, 6.45) is 2.94. The lowest BCUT2D eigenvalue weighted by Crippen LogP contribution is -2.44. The van der Waals surface area contributed by atoms with Gasteiger partial charge in [-0.1, -0.05) is 25.1 Å². The monoisotopic (exact) mass is 397 g/mol. The molecular weight excluding hydrogens is 366 g/mol. The maximum Gasteiger partial charge on any atom is 0.225 e. The van der Waals surface area contributed by atoms with Gasteiger partial charge in [0, 0.05) is 32.1 Å². The first-order valence-electron chi connectivity index (χ1n) is 9.64. The molecular formula is C20H32ClN3O3. The summed E-state index contributed by atoms with van der Waals surface area (Å²) in [4.78, 5) is 26.3. The molecule has 1 aliphatic rings. The third kappa shape index (κ3) is 8.63. The van der Waals surface area contributed by atoms with Gasteiger partial charge in [0.25, 0.3) is 0 Å². The second kappa shape index (κ2) is 13.4. The maximum atomic E-state index is 12.3. The zero-order valence-electron chi connectivity index (χ0n) is 16.1. The van der Waals surface area contributed by atoms with Crippen molar-refractivity contribution in [2.75, 3.05) is 39.3 Å². The lowest BCUT2D eigenvalue weighted by molar-refractivity contribution is -0.136. The predicted molar refractivity (Wildman–Crippen MR) is 109 cm³/mol. The number of benzene rings is 1. The smallest absolute Gasteiger partial charge is 0.225 e. The fourth-order valence-electron chi connectivity index (χ4n) is 3.04. The van der Waals surface area contributed by atoms with Gasteiger partial charge >= 0.3 is 0 Å². The number of piperidine rings is 1. The van der Waals surface area contributed by atoms with Crippen LogP contribution in [0, 0.1) is 5.92 Å². The standard InChI is InChI=1S/C20H31N3O3.ClH/c1-2-11-21-12-13-22-20(25)17-8-14-23(15-9-17)19(24)10-16-26-18-6-4-3-5-7-18;/h3-7,17,21H,2,8-16H2,1H3,(H,22,25);1H. The molecule has 7 heteroatoms. The largest absolute Gasteiger partial charge is 0.493 e. The minimum absolute atomic E-state index is 0. The Morgan fingerprint density at radius 1 is 1.11 bits per heavy atom. The molecule has 0 bridgehead atoms. The predicted octanol–water partition coefficient (Wildman–Crippen LogP) is 2.23. The van der Waals surface area contributed by atoms with Gasteiger partial charge in [-0.15, -0.1) is 12.4 Å². The van der Waals surface area contributed by atoms with Gasteiger partial charge in [0.2, 0.25) is 11.8 Å². The van der Waals surface area contributed by atoms with Crippen molar-refractivity contribution < 1.29 is 14.3 Å². The number of amides is 2. The van der Waals surface area contributed by atoms with Crippen LogP contribution in [0.15, 0.2) is 30.3 Å². The lowest BCUT2D eigenvalue weighted by atomic mass is 9.95. The van der Waals surface area contributed by atoms with Gasteiger partial charge in [0.15, 0.2) is 0 Å². The van der Waals surface area contributed by atoms with Crippen LogP contribution in [-0.4, -0.2) is 56.0 Å². The quantitative estimate of drug-likeness (QED) is 0.594. The second-order valence-corrected chi connectivity index (χ2v) is 6.61. The van der Waals surface area contributed by atoms with E-state index in [0.29, 0.717) is 32.7 Å². The summed E-state index contributed by atoms with van der Waals surface area (Å²) in [5.41, 5.74) is 0. The summed E-state index contributed by atoms with van der Waals surface area (Å²) in [5.74, 6) is 1.02. The van der Waals surface area contributed by atoms with E-state index in [4.69, 9.17) is 4.74 Å². The van der Waals surface area contributed by atoms with E-state index in [-0.39, 0.29) is 30.1 Å². The maximum absolute atomic E-state index is 12.3. The molecule has 2 N–H and O–H groups in total. The first-order chi connectivity index (χ1) is 12.7. The van der Waals surface area contributed by atoms with Crippen LogP contribution in [0.3, 0.4) is 0 Å². The van der Waals surface area contributed by atoms with E-state index in [0.717, 1.165) is 38.1 Å². The topological polar surface area (TPSA) is 70.7 Å². The highest BCUT2D eigenvalue weighted by Gasteiger charge is 2.26. The summed E-state index contributed by atoms with van der Waals surface area (Å²) < 4.78 is 5.58. The minimum atomic E-state index is 0. The molecule has 0 aromatic heterocycles. The fourth-order valence-corrected chi connectivity index (χ4v) is 3.04. The molecule has 1 fully saturated rings. The van der Waals surface area contributed by atoms with Gasteiger partial charge < -0.3 is 20.3 Å². The number of carbonyl (C=O) groups excluding carboxylic acids is 2. The Morgan fingerprint density at radius 3 is 2.48 bits per heavy atom. The molecule has 1 aromatic carbocycles. The Morgan fingerprint density at radius 2 is 1.81 bits per heavy atom. The third-order valence-electron chi connectivity index (χ3n) is 4.57. The normalized spacial score (nSPS) is 14.3. The SMILES string of the molecule is CCCNCCNC(=O)C1CCN(C(=O)CCOc2ccccc2)CC1.Cl. The van der Waals surface area contributed by atoms with Crippen molar-refractivity contribution in [1.29, 1.82) is 0 Å². The van der Waals surface area contributed by atoms with E-state index in [1.165, 1.54) is 0 Å². The first-order valence-corrected chi connectivity index (χ1v) is 9.64. The Kier molecular flexibility index (Phi) is 11.5. The summed E-state index contributed by atoms with van der Waals surface area (Å²) in [5, 5.41) is 6.25. The van der Waals surface area contributed by atoms with Crippen LogP contribution in [0.2, 0.25) is 0 Å². The van der Waals surface area contributed by atoms with Crippen molar-refractivity contribution in [2.24, 2.45) is 5.92 Å². The number of hydrogen-bond acceptors (Lipinski definition) is 4. The molecule has 0 atom stereocenters. The summed E-state index contributed by atoms with van der Waals surface area (Å²) in [6.45, 7) is 6.24. The van der Waals surface area contributed by atoms with Crippen LogP contribution in [0.4, 0.5) is 0 Å². The van der Waals surface area contributed by atoms with Gasteiger partial charge in [-0.05, 0) is 37.9 Å². The Bertz CT molecular complexity index is 549. The first kappa shape index (κ1) is 23.2. The van der Waals surface area contributed by atoms with E-state index >= 15 is 0 Å². The molecule has 1 aromatic rings. The molecule has 2 rings (SSSR count). The van der Waals surface area contributed by atoms with Gasteiger partial charge in [0.1, 0.15) is 5.75 Å². The lowest BCUT2D eigenvalue weighted by Gasteiger charge is -2.31. The molecule has 152 valence electrons. The Labute approximate surface area is 168 Å². The van der Waals surface area contributed by atoms with Gasteiger partial charge in [-0.2, -0.15) is 0 Å². The highest BCUT2D eigenvalue weighted by atomic mass is 35.5. The molecule has 2 amide bonds. The molecule has 0 radical (unpaired) electrons. The number of para-hydroxylation sites is 1. The molecule has 0 aliphatic carbocycles. The van der Waals surface area contributed by atoms with Gasteiger partial charge in [-0.3, -0.25) is 9.59 Å². The van der Waals surface area contributed by atoms with E-state index in [9.17, 15) is 9.59 Å². The zero-order valence-corrected chi connectivity index (χ0v) is 16.9. The fraction of sp³-hybridized carbons (Fsp3) is 0.600. The van der Waals surface area contributed by atoms with Crippen molar-refractivity contribution >= 4 is 24.2 Å². The second-order valence-electron chi connectivity index (χ2n) is 6.61. The van der Waals surface area contributed by atoms with E-state index in [1.807, 2.05) is 35.2 Å². The number of nitrogens with one attached hydrogen (secondary N) is 2. The molecule has 27 heavy (non-hydrogen) atoms. The van der Waals surface area contributed by atoms with E-state index in [1.54, 1.807) is 0 Å². The van der Waals surface area contributed by atoms with Crippen LogP contribution in [0.1, 0.15) is 32.6 Å². The summed E-state index contributed by atoms with van der Waals surface area (Å²) in [7, 11) is 0. The van der Waals surface area contributed by atoms with E-state index in [2.05, 4.69) is 17.6 Å². The molecule has 1 heterocycles. The number of rotatable bonds is 10. The Balaban J connectivity index is 0.00000364. The highest BCUT2D eigenvalue weighted by Crippen LogP contribution is 2.18. The number of ether oxygens (including phenoxy) is 1. The zero-order chi connectivity index (χ0) is 18.6. The number of hydrogen-bond donors (Lipinski definition) is 2. The van der Waals surface area contributed by atoms with Crippen molar-refractivity contribution in [2.45, 2.75) is 32.6 Å². The molecule has 0 saturated carbocycles. The van der Waals surface area contributed by atoms with Crippen molar-refractivity contribution in [3.8, 4) is 5.75 Å². The van der Waals surface area contributed by atoms with Crippen LogP contribution in [0.25, 0.3) is 0 Å².